The molecule has 1 aliphatic rings. The van der Waals surface area contributed by atoms with Crippen molar-refractivity contribution in [3.8, 4) is 11.3 Å². The summed E-state index contributed by atoms with van der Waals surface area (Å²) in [6.45, 7) is 1.04. The zero-order valence-corrected chi connectivity index (χ0v) is 8.27. The smallest absolute Gasteiger partial charge is 0.0929 e. The highest BCUT2D eigenvalue weighted by Crippen LogP contribution is 2.27. The second-order valence-electron chi connectivity index (χ2n) is 3.66. The van der Waals surface area contributed by atoms with Gasteiger partial charge in [0.15, 0.2) is 0 Å². The SMILES string of the molecule is c1cnnc(-c2ccc3c(c2)CCN3)c1. The van der Waals surface area contributed by atoms with E-state index in [1.165, 1.54) is 11.3 Å². The summed E-state index contributed by atoms with van der Waals surface area (Å²) in [6.07, 6.45) is 2.79. The second-order valence-corrected chi connectivity index (χ2v) is 3.66. The molecule has 0 spiro atoms. The van der Waals surface area contributed by atoms with Gasteiger partial charge in [0.2, 0.25) is 0 Å². The largest absolute Gasteiger partial charge is 0.384 e. The van der Waals surface area contributed by atoms with Crippen molar-refractivity contribution >= 4 is 5.69 Å². The molecule has 1 aromatic heterocycles. The Bertz CT molecular complexity index is 479. The van der Waals surface area contributed by atoms with E-state index in [0.29, 0.717) is 0 Å². The van der Waals surface area contributed by atoms with Crippen LogP contribution in [0, 0.1) is 0 Å². The molecule has 3 rings (SSSR count). The first-order valence-corrected chi connectivity index (χ1v) is 5.08. The summed E-state index contributed by atoms with van der Waals surface area (Å²) in [4.78, 5) is 0. The van der Waals surface area contributed by atoms with Crippen LogP contribution in [0.3, 0.4) is 0 Å². The molecular formula is C12H11N3. The number of nitrogens with zero attached hydrogens (tertiary/aromatic N) is 2. The number of nitrogens with one attached hydrogen (secondary N) is 1. The van der Waals surface area contributed by atoms with Gasteiger partial charge in [0.25, 0.3) is 0 Å². The van der Waals surface area contributed by atoms with E-state index in [9.17, 15) is 0 Å². The molecule has 1 N–H and O–H groups in total. The first-order chi connectivity index (χ1) is 7.43. The van der Waals surface area contributed by atoms with Gasteiger partial charge in [-0.05, 0) is 36.2 Å². The Morgan fingerprint density at radius 2 is 2.20 bits per heavy atom. The third kappa shape index (κ3) is 1.46. The van der Waals surface area contributed by atoms with Gasteiger partial charge in [-0.2, -0.15) is 10.2 Å². The zero-order chi connectivity index (χ0) is 10.1. The Morgan fingerprint density at radius 3 is 3.07 bits per heavy atom. The van der Waals surface area contributed by atoms with E-state index >= 15 is 0 Å². The highest BCUT2D eigenvalue weighted by atomic mass is 15.1. The maximum Gasteiger partial charge on any atom is 0.0929 e. The molecule has 3 heteroatoms. The fourth-order valence-corrected chi connectivity index (χ4v) is 1.92. The molecule has 2 heterocycles. The van der Waals surface area contributed by atoms with E-state index in [1.807, 2.05) is 12.1 Å². The molecule has 0 aliphatic carbocycles. The Morgan fingerprint density at radius 1 is 1.20 bits per heavy atom. The molecule has 1 aromatic carbocycles. The number of hydrogen-bond donors (Lipinski definition) is 1. The fraction of sp³-hybridized carbons (Fsp3) is 0.167. The van der Waals surface area contributed by atoms with Gasteiger partial charge >= 0.3 is 0 Å². The maximum absolute atomic E-state index is 4.10. The van der Waals surface area contributed by atoms with Crippen molar-refractivity contribution < 1.29 is 0 Å². The molecule has 74 valence electrons. The quantitative estimate of drug-likeness (QED) is 0.760. The lowest BCUT2D eigenvalue weighted by molar-refractivity contribution is 1.04. The van der Waals surface area contributed by atoms with Gasteiger partial charge in [0.1, 0.15) is 0 Å². The molecule has 1 aliphatic heterocycles. The van der Waals surface area contributed by atoms with Crippen LogP contribution in [-0.4, -0.2) is 16.7 Å². The third-order valence-electron chi connectivity index (χ3n) is 2.68. The summed E-state index contributed by atoms with van der Waals surface area (Å²) in [5.41, 5.74) is 4.71. The average molecular weight is 197 g/mol. The minimum absolute atomic E-state index is 0.937. The molecule has 0 amide bonds. The lowest BCUT2D eigenvalue weighted by Crippen LogP contribution is -1.90. The number of rotatable bonds is 1. The second kappa shape index (κ2) is 3.35. The van der Waals surface area contributed by atoms with Gasteiger partial charge in [0.05, 0.1) is 5.69 Å². The highest BCUT2D eigenvalue weighted by molar-refractivity contribution is 5.67. The minimum Gasteiger partial charge on any atom is -0.384 e. The molecular weight excluding hydrogens is 186 g/mol. The summed E-state index contributed by atoms with van der Waals surface area (Å²) < 4.78 is 0. The van der Waals surface area contributed by atoms with Gasteiger partial charge in [-0.15, -0.1) is 0 Å². The van der Waals surface area contributed by atoms with Crippen LogP contribution in [0.5, 0.6) is 0 Å². The summed E-state index contributed by atoms with van der Waals surface area (Å²) in [5, 5.41) is 11.3. The molecule has 2 aromatic rings. The molecule has 0 atom stereocenters. The third-order valence-corrected chi connectivity index (χ3v) is 2.68. The topological polar surface area (TPSA) is 37.8 Å². The molecule has 0 bridgehead atoms. The van der Waals surface area contributed by atoms with Crippen LogP contribution in [0.15, 0.2) is 36.5 Å². The van der Waals surface area contributed by atoms with E-state index in [1.54, 1.807) is 6.20 Å². The summed E-state index contributed by atoms with van der Waals surface area (Å²) in [7, 11) is 0. The van der Waals surface area contributed by atoms with Crippen molar-refractivity contribution in [1.29, 1.82) is 0 Å². The van der Waals surface area contributed by atoms with Crippen molar-refractivity contribution in [1.82, 2.24) is 10.2 Å². The predicted octanol–water partition coefficient (Wildman–Crippen LogP) is 2.11. The van der Waals surface area contributed by atoms with Gasteiger partial charge in [-0.3, -0.25) is 0 Å². The van der Waals surface area contributed by atoms with Crippen LogP contribution in [-0.2, 0) is 6.42 Å². The minimum atomic E-state index is 0.937. The normalized spacial score (nSPS) is 13.3. The van der Waals surface area contributed by atoms with Gasteiger partial charge in [-0.1, -0.05) is 6.07 Å². The number of anilines is 1. The monoisotopic (exact) mass is 197 g/mol. The predicted molar refractivity (Wildman–Crippen MR) is 59.7 cm³/mol. The van der Waals surface area contributed by atoms with Crippen LogP contribution in [0.1, 0.15) is 5.56 Å². The molecule has 3 nitrogen and oxygen atoms in total. The highest BCUT2D eigenvalue weighted by Gasteiger charge is 2.10. The Balaban J connectivity index is 2.07. The summed E-state index contributed by atoms with van der Waals surface area (Å²) in [5.74, 6) is 0. The first kappa shape index (κ1) is 8.41. The van der Waals surface area contributed by atoms with E-state index in [-0.39, 0.29) is 0 Å². The number of aromatic nitrogens is 2. The molecule has 0 fully saturated rings. The lowest BCUT2D eigenvalue weighted by Gasteiger charge is -2.03. The van der Waals surface area contributed by atoms with Crippen molar-refractivity contribution in [2.24, 2.45) is 0 Å². The zero-order valence-electron chi connectivity index (χ0n) is 8.27. The average Bonchev–Trinajstić information content (AvgIpc) is 2.77. The number of fused-ring (bicyclic) bond motifs is 1. The summed E-state index contributed by atoms with van der Waals surface area (Å²) in [6, 6.07) is 10.3. The molecule has 0 unspecified atom stereocenters. The Kier molecular flexibility index (Phi) is 1.88. The van der Waals surface area contributed by atoms with E-state index in [2.05, 4.69) is 33.7 Å². The first-order valence-electron chi connectivity index (χ1n) is 5.08. The van der Waals surface area contributed by atoms with Gasteiger partial charge in [0, 0.05) is 24.0 Å². The maximum atomic E-state index is 4.10. The number of hydrogen-bond acceptors (Lipinski definition) is 3. The van der Waals surface area contributed by atoms with Crippen LogP contribution < -0.4 is 5.32 Å². The van der Waals surface area contributed by atoms with E-state index in [0.717, 1.165) is 24.2 Å². The van der Waals surface area contributed by atoms with Gasteiger partial charge < -0.3 is 5.32 Å². The van der Waals surface area contributed by atoms with Crippen molar-refractivity contribution in [2.45, 2.75) is 6.42 Å². The van der Waals surface area contributed by atoms with Crippen LogP contribution in [0.2, 0.25) is 0 Å². The van der Waals surface area contributed by atoms with Crippen LogP contribution in [0.25, 0.3) is 11.3 Å². The van der Waals surface area contributed by atoms with E-state index < -0.39 is 0 Å². The number of benzene rings is 1. The van der Waals surface area contributed by atoms with Gasteiger partial charge in [-0.25, -0.2) is 0 Å². The molecule has 15 heavy (non-hydrogen) atoms. The standard InChI is InChI=1S/C12H11N3/c1-2-12(15-14-6-1)9-3-4-11-10(8-9)5-7-13-11/h1-4,6,8,13H,5,7H2. The van der Waals surface area contributed by atoms with Crippen molar-refractivity contribution in [2.75, 3.05) is 11.9 Å². The van der Waals surface area contributed by atoms with Crippen molar-refractivity contribution in [3.05, 3.63) is 42.1 Å². The lowest BCUT2D eigenvalue weighted by atomic mass is 10.1. The van der Waals surface area contributed by atoms with Crippen LogP contribution >= 0.6 is 0 Å². The van der Waals surface area contributed by atoms with E-state index in [4.69, 9.17) is 0 Å². The Labute approximate surface area is 88.2 Å². The van der Waals surface area contributed by atoms with Crippen LogP contribution in [0.4, 0.5) is 5.69 Å². The summed E-state index contributed by atoms with van der Waals surface area (Å²) >= 11 is 0. The Hall–Kier alpha value is -1.90. The molecule has 0 saturated heterocycles. The molecule has 0 radical (unpaired) electrons. The fourth-order valence-electron chi connectivity index (χ4n) is 1.92. The van der Waals surface area contributed by atoms with Crippen molar-refractivity contribution in [3.63, 3.8) is 0 Å². The molecule has 0 saturated carbocycles.